The van der Waals surface area contributed by atoms with Crippen LogP contribution in [0.1, 0.15) is 0 Å². The SMILES string of the molecule is c1ccc(N(c2ccccc2)c2ccc(-c3cc4cc5oc(-c6ccc(N(c7ccccc7)c7ccccc7)cc6)cc5cc4o3)cc2)cc1. The summed E-state index contributed by atoms with van der Waals surface area (Å²) in [5.74, 6) is 1.64. The molecule has 4 heteroatoms. The second-order valence-electron chi connectivity index (χ2n) is 12.3. The van der Waals surface area contributed by atoms with Gasteiger partial charge in [-0.05, 0) is 121 Å². The number of hydrogen-bond acceptors (Lipinski definition) is 4. The Morgan fingerprint density at radius 1 is 0.280 bits per heavy atom. The maximum atomic E-state index is 6.41. The molecule has 0 unspecified atom stereocenters. The second-order valence-corrected chi connectivity index (χ2v) is 12.3. The van der Waals surface area contributed by atoms with Gasteiger partial charge in [0.25, 0.3) is 0 Å². The summed E-state index contributed by atoms with van der Waals surface area (Å²) in [4.78, 5) is 4.51. The van der Waals surface area contributed by atoms with Crippen LogP contribution in [0.2, 0.25) is 0 Å². The summed E-state index contributed by atoms with van der Waals surface area (Å²) in [6.45, 7) is 0. The molecule has 9 rings (SSSR count). The van der Waals surface area contributed by atoms with E-state index >= 15 is 0 Å². The van der Waals surface area contributed by atoms with Gasteiger partial charge in [-0.1, -0.05) is 72.8 Å². The van der Waals surface area contributed by atoms with Crippen molar-refractivity contribution < 1.29 is 8.83 Å². The normalized spacial score (nSPS) is 11.2. The molecule has 0 aliphatic heterocycles. The Hall–Kier alpha value is -6.78. The van der Waals surface area contributed by atoms with Gasteiger partial charge >= 0.3 is 0 Å². The number of rotatable bonds is 8. The van der Waals surface area contributed by atoms with Gasteiger partial charge in [0, 0.05) is 56.0 Å². The summed E-state index contributed by atoms with van der Waals surface area (Å²) in [5, 5.41) is 2.01. The average Bonchev–Trinajstić information content (AvgIpc) is 3.80. The molecule has 0 spiro atoms. The number of para-hydroxylation sites is 4. The predicted octanol–water partition coefficient (Wildman–Crippen LogP) is 13.5. The van der Waals surface area contributed by atoms with Crippen molar-refractivity contribution in [3.63, 3.8) is 0 Å². The van der Waals surface area contributed by atoms with Gasteiger partial charge in [0.15, 0.2) is 0 Å². The summed E-state index contributed by atoms with van der Waals surface area (Å²) in [6, 6.07) is 67.1. The van der Waals surface area contributed by atoms with Crippen molar-refractivity contribution in [3.05, 3.63) is 194 Å². The number of fused-ring (bicyclic) bond motifs is 2. The lowest BCUT2D eigenvalue weighted by atomic mass is 10.1. The van der Waals surface area contributed by atoms with Crippen molar-refractivity contribution in [2.24, 2.45) is 0 Å². The molecular weight excluding hydrogens is 613 g/mol. The Bertz CT molecular complexity index is 2200. The molecule has 50 heavy (non-hydrogen) atoms. The van der Waals surface area contributed by atoms with E-state index in [0.717, 1.165) is 78.7 Å². The lowest BCUT2D eigenvalue weighted by Gasteiger charge is -2.25. The quantitative estimate of drug-likeness (QED) is 0.165. The molecule has 7 aromatic carbocycles. The smallest absolute Gasteiger partial charge is 0.135 e. The molecule has 0 amide bonds. The molecule has 0 N–H and O–H groups in total. The van der Waals surface area contributed by atoms with E-state index in [0.29, 0.717) is 0 Å². The Morgan fingerprint density at radius 3 is 0.860 bits per heavy atom. The third kappa shape index (κ3) is 5.59. The van der Waals surface area contributed by atoms with Crippen LogP contribution >= 0.6 is 0 Å². The third-order valence-electron chi connectivity index (χ3n) is 9.03. The lowest BCUT2D eigenvalue weighted by molar-refractivity contribution is 0.627. The van der Waals surface area contributed by atoms with Crippen LogP contribution in [-0.4, -0.2) is 0 Å². The molecule has 238 valence electrons. The molecule has 0 bridgehead atoms. The van der Waals surface area contributed by atoms with E-state index in [1.165, 1.54) is 0 Å². The first kappa shape index (κ1) is 29.4. The summed E-state index contributed by atoms with van der Waals surface area (Å²) in [6.07, 6.45) is 0. The van der Waals surface area contributed by atoms with E-state index < -0.39 is 0 Å². The molecule has 0 fully saturated rings. The molecular formula is C46H32N2O2. The minimum absolute atomic E-state index is 0.822. The van der Waals surface area contributed by atoms with Crippen molar-refractivity contribution >= 4 is 56.1 Å². The minimum Gasteiger partial charge on any atom is -0.456 e. The Labute approximate surface area is 290 Å². The van der Waals surface area contributed by atoms with Gasteiger partial charge in [-0.25, -0.2) is 0 Å². The highest BCUT2D eigenvalue weighted by Gasteiger charge is 2.16. The first-order chi connectivity index (χ1) is 24.8. The Balaban J connectivity index is 0.991. The number of nitrogens with zero attached hydrogens (tertiary/aromatic N) is 2. The Morgan fingerprint density at radius 2 is 0.560 bits per heavy atom. The van der Waals surface area contributed by atoms with Crippen molar-refractivity contribution in [1.29, 1.82) is 0 Å². The van der Waals surface area contributed by atoms with Crippen molar-refractivity contribution in [2.45, 2.75) is 0 Å². The number of hydrogen-bond donors (Lipinski definition) is 0. The molecule has 0 aliphatic rings. The molecule has 0 aliphatic carbocycles. The highest BCUT2D eigenvalue weighted by atomic mass is 16.3. The van der Waals surface area contributed by atoms with E-state index in [-0.39, 0.29) is 0 Å². The summed E-state index contributed by atoms with van der Waals surface area (Å²) in [7, 11) is 0. The highest BCUT2D eigenvalue weighted by molar-refractivity contribution is 5.97. The first-order valence-electron chi connectivity index (χ1n) is 16.8. The van der Waals surface area contributed by atoms with Crippen molar-refractivity contribution in [2.75, 3.05) is 9.80 Å². The van der Waals surface area contributed by atoms with Crippen molar-refractivity contribution in [1.82, 2.24) is 0 Å². The van der Waals surface area contributed by atoms with Crippen LogP contribution in [0.4, 0.5) is 34.1 Å². The molecule has 0 saturated carbocycles. The summed E-state index contributed by atoms with van der Waals surface area (Å²) < 4.78 is 12.8. The number of anilines is 6. The van der Waals surface area contributed by atoms with E-state index in [4.69, 9.17) is 8.83 Å². The zero-order valence-corrected chi connectivity index (χ0v) is 27.2. The average molecular weight is 645 g/mol. The zero-order valence-electron chi connectivity index (χ0n) is 27.2. The molecule has 0 saturated heterocycles. The van der Waals surface area contributed by atoms with Crippen LogP contribution in [0.15, 0.2) is 203 Å². The van der Waals surface area contributed by atoms with Crippen LogP contribution in [0.5, 0.6) is 0 Å². The minimum atomic E-state index is 0.822. The molecule has 0 atom stereocenters. The largest absolute Gasteiger partial charge is 0.456 e. The van der Waals surface area contributed by atoms with E-state index in [9.17, 15) is 0 Å². The van der Waals surface area contributed by atoms with E-state index in [1.807, 2.05) is 24.3 Å². The van der Waals surface area contributed by atoms with Gasteiger partial charge in [0.1, 0.15) is 22.7 Å². The van der Waals surface area contributed by atoms with Crippen LogP contribution in [-0.2, 0) is 0 Å². The third-order valence-corrected chi connectivity index (χ3v) is 9.03. The standard InChI is InChI=1S/C46H32N2O2/c1-5-13-37(14-6-1)47(38-15-7-2-8-16-38)41-25-21-33(22-26-41)43-29-35-31-46-36(32-45(35)49-43)30-44(50-46)34-23-27-42(28-24-34)48(39-17-9-3-10-18-39)40-19-11-4-12-20-40/h1-32H. The van der Waals surface area contributed by atoms with Gasteiger partial charge < -0.3 is 18.6 Å². The van der Waals surface area contributed by atoms with Crippen LogP contribution in [0.25, 0.3) is 44.6 Å². The fourth-order valence-electron chi connectivity index (χ4n) is 6.61. The number of benzene rings is 7. The van der Waals surface area contributed by atoms with Gasteiger partial charge in [0.05, 0.1) is 0 Å². The fraction of sp³-hybridized carbons (Fsp3) is 0. The van der Waals surface area contributed by atoms with Crippen LogP contribution in [0, 0.1) is 0 Å². The molecule has 0 radical (unpaired) electrons. The Kier molecular flexibility index (Phi) is 7.45. The molecule has 2 heterocycles. The van der Waals surface area contributed by atoms with Gasteiger partial charge in [-0.15, -0.1) is 0 Å². The lowest BCUT2D eigenvalue weighted by Crippen LogP contribution is -2.09. The second kappa shape index (κ2) is 12.7. The summed E-state index contributed by atoms with van der Waals surface area (Å²) in [5.41, 5.74) is 10.3. The fourth-order valence-corrected chi connectivity index (χ4v) is 6.61. The zero-order chi connectivity index (χ0) is 33.3. The predicted molar refractivity (Wildman–Crippen MR) is 206 cm³/mol. The van der Waals surface area contributed by atoms with Crippen molar-refractivity contribution in [3.8, 4) is 22.6 Å². The van der Waals surface area contributed by atoms with E-state index in [1.54, 1.807) is 0 Å². The van der Waals surface area contributed by atoms with Crippen LogP contribution in [0.3, 0.4) is 0 Å². The summed E-state index contributed by atoms with van der Waals surface area (Å²) >= 11 is 0. The van der Waals surface area contributed by atoms with Crippen LogP contribution < -0.4 is 9.80 Å². The highest BCUT2D eigenvalue weighted by Crippen LogP contribution is 2.39. The first-order valence-corrected chi connectivity index (χ1v) is 16.8. The maximum absolute atomic E-state index is 6.41. The van der Waals surface area contributed by atoms with Gasteiger partial charge in [0.2, 0.25) is 0 Å². The molecule has 9 aromatic rings. The molecule has 4 nitrogen and oxygen atoms in total. The topological polar surface area (TPSA) is 32.8 Å². The molecule has 2 aromatic heterocycles. The number of furan rings is 2. The van der Waals surface area contributed by atoms with Gasteiger partial charge in [-0.3, -0.25) is 0 Å². The van der Waals surface area contributed by atoms with Gasteiger partial charge in [-0.2, -0.15) is 0 Å². The maximum Gasteiger partial charge on any atom is 0.135 e. The monoisotopic (exact) mass is 644 g/mol. The van der Waals surface area contributed by atoms with E-state index in [2.05, 4.69) is 180 Å².